The number of piperidine rings is 1. The predicted octanol–water partition coefficient (Wildman–Crippen LogP) is 2.91. The summed E-state index contributed by atoms with van der Waals surface area (Å²) >= 11 is 0. The Labute approximate surface area is 155 Å². The van der Waals surface area contributed by atoms with E-state index in [2.05, 4.69) is 18.9 Å². The highest BCUT2D eigenvalue weighted by Crippen LogP contribution is 2.61. The second-order valence-corrected chi connectivity index (χ2v) is 8.09. The number of carbonyl (C=O) groups is 1. The molecule has 1 N–H and O–H groups in total. The van der Waals surface area contributed by atoms with E-state index >= 15 is 0 Å². The van der Waals surface area contributed by atoms with Crippen molar-refractivity contribution in [2.45, 2.75) is 51.0 Å². The van der Waals surface area contributed by atoms with Crippen molar-refractivity contribution in [1.29, 1.82) is 0 Å². The maximum absolute atomic E-state index is 12.8. The lowest BCUT2D eigenvalue weighted by molar-refractivity contribution is -0.134. The summed E-state index contributed by atoms with van der Waals surface area (Å²) in [7, 11) is 3.76. The first-order valence-corrected chi connectivity index (χ1v) is 9.74. The number of rotatable bonds is 3. The summed E-state index contributed by atoms with van der Waals surface area (Å²) in [4.78, 5) is 15.2. The van der Waals surface area contributed by atoms with E-state index < -0.39 is 0 Å². The van der Waals surface area contributed by atoms with E-state index in [-0.39, 0.29) is 17.1 Å². The fourth-order valence-electron chi connectivity index (χ4n) is 5.99. The van der Waals surface area contributed by atoms with Crippen LogP contribution < -0.4 is 9.47 Å². The summed E-state index contributed by atoms with van der Waals surface area (Å²) in [5.74, 6) is 2.06. The molecular formula is C21H29NO4. The molecule has 1 aromatic rings. The lowest BCUT2D eigenvalue weighted by Crippen LogP contribution is -2.64. The number of Topliss-reactive ketones (excluding diaryl/α,β-unsaturated/α-hetero) is 1. The number of phenols is 1. The Morgan fingerprint density at radius 1 is 1.38 bits per heavy atom. The molecule has 0 aromatic heterocycles. The molecule has 2 fully saturated rings. The zero-order chi connectivity index (χ0) is 18.6. The van der Waals surface area contributed by atoms with Crippen LogP contribution in [0.1, 0.15) is 44.2 Å². The number of likely N-dealkylation sites (N-methyl/N-ethyl adjacent to an activating group) is 1. The summed E-state index contributed by atoms with van der Waals surface area (Å²) in [6.45, 7) is 5.53. The largest absolute Gasteiger partial charge is 0.504 e. The number of hydrogen-bond acceptors (Lipinski definition) is 5. The standard InChI is InChI=1S/C21H29NO4/c1-5-26-17-11-18(25-4)20(24)19-13(17)10-15-14-6-7-16(23)12(2)21(14,19)8-9-22(15)3/h11-12,14-15,24H,5-10H2,1-4H3/t12-,14+,15-,21+/m1/s1. The Hall–Kier alpha value is -1.75. The van der Waals surface area contributed by atoms with Crippen LogP contribution >= 0.6 is 0 Å². The van der Waals surface area contributed by atoms with Gasteiger partial charge in [-0.05, 0) is 45.7 Å². The first-order valence-electron chi connectivity index (χ1n) is 9.74. The molecule has 2 aliphatic carbocycles. The Morgan fingerprint density at radius 3 is 2.85 bits per heavy atom. The van der Waals surface area contributed by atoms with Crippen LogP contribution in [0.15, 0.2) is 6.07 Å². The van der Waals surface area contributed by atoms with E-state index in [4.69, 9.17) is 9.47 Å². The lowest BCUT2D eigenvalue weighted by Gasteiger charge is -2.60. The number of aromatic hydroxyl groups is 1. The fraction of sp³-hybridized carbons (Fsp3) is 0.667. The highest BCUT2D eigenvalue weighted by atomic mass is 16.5. The Balaban J connectivity index is 2.02. The van der Waals surface area contributed by atoms with Crippen molar-refractivity contribution in [2.75, 3.05) is 27.3 Å². The number of hydrogen-bond donors (Lipinski definition) is 1. The van der Waals surface area contributed by atoms with Gasteiger partial charge in [0.2, 0.25) is 0 Å². The number of methoxy groups -OCH3 is 1. The number of carbonyl (C=O) groups excluding carboxylic acids is 1. The van der Waals surface area contributed by atoms with Gasteiger partial charge < -0.3 is 19.5 Å². The average Bonchev–Trinajstić information content (AvgIpc) is 2.63. The van der Waals surface area contributed by atoms with E-state index in [0.29, 0.717) is 36.5 Å². The van der Waals surface area contributed by atoms with E-state index in [1.165, 1.54) is 0 Å². The third-order valence-electron chi connectivity index (χ3n) is 7.26. The van der Waals surface area contributed by atoms with Gasteiger partial charge in [-0.2, -0.15) is 0 Å². The molecule has 5 heteroatoms. The first-order chi connectivity index (χ1) is 12.5. The van der Waals surface area contributed by atoms with Crippen LogP contribution in [0.3, 0.4) is 0 Å². The van der Waals surface area contributed by atoms with Crippen molar-refractivity contribution in [3.8, 4) is 17.2 Å². The maximum Gasteiger partial charge on any atom is 0.164 e. The predicted molar refractivity (Wildman–Crippen MR) is 99.1 cm³/mol. The second-order valence-electron chi connectivity index (χ2n) is 8.09. The quantitative estimate of drug-likeness (QED) is 0.899. The number of ether oxygens (including phenoxy) is 2. The van der Waals surface area contributed by atoms with Crippen LogP contribution in [-0.2, 0) is 16.6 Å². The van der Waals surface area contributed by atoms with Crippen molar-refractivity contribution in [3.63, 3.8) is 0 Å². The van der Waals surface area contributed by atoms with E-state index in [1.54, 1.807) is 13.2 Å². The summed E-state index contributed by atoms with van der Waals surface area (Å²) in [5.41, 5.74) is 1.68. The first kappa shape index (κ1) is 17.7. The minimum atomic E-state index is -0.315. The summed E-state index contributed by atoms with van der Waals surface area (Å²) in [5, 5.41) is 11.1. The van der Waals surface area contributed by atoms with Crippen LogP contribution in [0, 0.1) is 11.8 Å². The molecular weight excluding hydrogens is 330 g/mol. The monoisotopic (exact) mass is 359 g/mol. The van der Waals surface area contributed by atoms with Crippen LogP contribution in [0.5, 0.6) is 17.2 Å². The smallest absolute Gasteiger partial charge is 0.164 e. The molecule has 4 atom stereocenters. The molecule has 1 aromatic carbocycles. The Morgan fingerprint density at radius 2 is 2.15 bits per heavy atom. The van der Waals surface area contributed by atoms with Gasteiger partial charge in [-0.1, -0.05) is 6.92 Å². The molecule has 0 radical (unpaired) electrons. The number of phenolic OH excluding ortho intramolecular Hbond substituents is 1. The van der Waals surface area contributed by atoms with Crippen molar-refractivity contribution in [1.82, 2.24) is 4.90 Å². The molecule has 5 nitrogen and oxygen atoms in total. The zero-order valence-electron chi connectivity index (χ0n) is 16.2. The molecule has 1 saturated carbocycles. The zero-order valence-corrected chi connectivity index (χ0v) is 16.2. The number of ketones is 1. The fourth-order valence-corrected chi connectivity index (χ4v) is 5.99. The second kappa shape index (κ2) is 6.15. The average molecular weight is 359 g/mol. The van der Waals surface area contributed by atoms with Gasteiger partial charge in [0.05, 0.1) is 13.7 Å². The van der Waals surface area contributed by atoms with Gasteiger partial charge in [0, 0.05) is 41.0 Å². The summed E-state index contributed by atoms with van der Waals surface area (Å²) in [6.07, 6.45) is 3.29. The van der Waals surface area contributed by atoms with Gasteiger partial charge in [-0.25, -0.2) is 0 Å². The van der Waals surface area contributed by atoms with Gasteiger partial charge in [-0.3, -0.25) is 4.79 Å². The normalized spacial score (nSPS) is 33.4. The number of benzene rings is 1. The number of nitrogens with zero attached hydrogens (tertiary/aromatic N) is 1. The summed E-state index contributed by atoms with van der Waals surface area (Å²) < 4.78 is 11.4. The SMILES string of the molecule is CCOc1cc(OC)c(O)c2c1C[C@@H]1[C@@H]3CCC(=O)[C@@H](C)[C@]23CCN1C. The molecule has 1 heterocycles. The molecule has 142 valence electrons. The number of fused-ring (bicyclic) bond motifs is 1. The molecule has 0 spiro atoms. The van der Waals surface area contributed by atoms with Gasteiger partial charge in [0.15, 0.2) is 11.5 Å². The highest BCUT2D eigenvalue weighted by molar-refractivity contribution is 5.85. The maximum atomic E-state index is 12.8. The van der Waals surface area contributed by atoms with Crippen LogP contribution in [0.4, 0.5) is 0 Å². The van der Waals surface area contributed by atoms with E-state index in [1.807, 2.05) is 6.92 Å². The van der Waals surface area contributed by atoms with Gasteiger partial charge in [0.1, 0.15) is 11.5 Å². The van der Waals surface area contributed by atoms with Gasteiger partial charge >= 0.3 is 0 Å². The molecule has 0 amide bonds. The molecule has 1 aliphatic heterocycles. The van der Waals surface area contributed by atoms with Gasteiger partial charge in [-0.15, -0.1) is 0 Å². The minimum absolute atomic E-state index is 0.0935. The molecule has 3 aliphatic rings. The Bertz CT molecular complexity index is 746. The molecule has 26 heavy (non-hydrogen) atoms. The van der Waals surface area contributed by atoms with Crippen molar-refractivity contribution in [2.24, 2.45) is 11.8 Å². The van der Waals surface area contributed by atoms with Crippen molar-refractivity contribution in [3.05, 3.63) is 17.2 Å². The van der Waals surface area contributed by atoms with Crippen molar-refractivity contribution < 1.29 is 19.4 Å². The minimum Gasteiger partial charge on any atom is -0.504 e. The van der Waals surface area contributed by atoms with Gasteiger partial charge in [0.25, 0.3) is 0 Å². The van der Waals surface area contributed by atoms with Crippen LogP contribution in [0.2, 0.25) is 0 Å². The Kier molecular flexibility index (Phi) is 4.18. The van der Waals surface area contributed by atoms with Crippen LogP contribution in [-0.4, -0.2) is 49.1 Å². The molecule has 1 saturated heterocycles. The number of likely N-dealkylation sites (tertiary alicyclic amines) is 1. The van der Waals surface area contributed by atoms with Crippen LogP contribution in [0.25, 0.3) is 0 Å². The lowest BCUT2D eigenvalue weighted by atomic mass is 9.48. The van der Waals surface area contributed by atoms with E-state index in [0.717, 1.165) is 42.7 Å². The molecule has 4 rings (SSSR count). The summed E-state index contributed by atoms with van der Waals surface area (Å²) in [6, 6.07) is 2.19. The van der Waals surface area contributed by atoms with Crippen molar-refractivity contribution >= 4 is 5.78 Å². The van der Waals surface area contributed by atoms with E-state index in [9.17, 15) is 9.90 Å². The third kappa shape index (κ3) is 2.16. The molecule has 0 unspecified atom stereocenters. The highest BCUT2D eigenvalue weighted by Gasteiger charge is 2.60. The molecule has 2 bridgehead atoms. The topological polar surface area (TPSA) is 59.0 Å². The third-order valence-corrected chi connectivity index (χ3v) is 7.26.